The summed E-state index contributed by atoms with van der Waals surface area (Å²) in [6.45, 7) is 13.6. The predicted octanol–water partition coefficient (Wildman–Crippen LogP) is 1.93. The van der Waals surface area contributed by atoms with Gasteiger partial charge in [0, 0.05) is 6.54 Å². The number of hydrogen-bond donors (Lipinski definition) is 4. The monoisotopic (exact) mass is 351 g/mol. The van der Waals surface area contributed by atoms with Crippen molar-refractivity contribution in [1.29, 1.82) is 0 Å². The molecule has 1 aliphatic rings. The Morgan fingerprint density at radius 1 is 1.00 bits per heavy atom. The molecule has 0 amide bonds. The van der Waals surface area contributed by atoms with E-state index < -0.39 is 16.8 Å². The van der Waals surface area contributed by atoms with Crippen molar-refractivity contribution in [2.45, 2.75) is 78.2 Å². The zero-order chi connectivity index (χ0) is 19.9. The minimum absolute atomic E-state index is 0.403. The molecule has 25 heavy (non-hydrogen) atoms. The van der Waals surface area contributed by atoms with Crippen LogP contribution in [0, 0.1) is 0 Å². The first-order chi connectivity index (χ1) is 11.2. The van der Waals surface area contributed by atoms with Crippen LogP contribution in [-0.4, -0.2) is 46.7 Å². The molecule has 2 radical (unpaired) electrons. The van der Waals surface area contributed by atoms with E-state index in [2.05, 4.69) is 16.3 Å². The summed E-state index contributed by atoms with van der Waals surface area (Å²) in [6.07, 6.45) is 1.07. The van der Waals surface area contributed by atoms with E-state index in [1.54, 1.807) is 48.5 Å². The van der Waals surface area contributed by atoms with E-state index in [0.717, 1.165) is 25.0 Å². The quantitative estimate of drug-likeness (QED) is 0.353. The molecule has 5 nitrogen and oxygen atoms in total. The number of rotatable bonds is 1. The Hall–Kier alpha value is -0.915. The summed E-state index contributed by atoms with van der Waals surface area (Å²) in [7, 11) is 5.81. The van der Waals surface area contributed by atoms with Crippen LogP contribution in [0.25, 0.3) is 0 Å². The van der Waals surface area contributed by atoms with Crippen LogP contribution in [0.5, 0.6) is 0 Å². The Kier molecular flexibility index (Phi) is 9.34. The fraction of sp³-hybridized carbons (Fsp3) is 0.684. The van der Waals surface area contributed by atoms with Crippen molar-refractivity contribution in [3.05, 3.63) is 29.3 Å². The summed E-state index contributed by atoms with van der Waals surface area (Å²) in [5.41, 5.74) is 1.23. The molecule has 1 aliphatic heterocycles. The highest BCUT2D eigenvalue weighted by molar-refractivity contribution is 6.33. The molecular formula is C19H34BNO4. The van der Waals surface area contributed by atoms with E-state index in [1.807, 2.05) is 12.1 Å². The SMILES string of the molecule is CC(C)(C)OO.CC(C)(O)C(C)(C)O.[B]c1cccc2c1CCNC2. The van der Waals surface area contributed by atoms with Crippen molar-refractivity contribution in [2.75, 3.05) is 6.54 Å². The highest BCUT2D eigenvalue weighted by Gasteiger charge is 2.31. The number of nitrogens with one attached hydrogen (secondary N) is 1. The zero-order valence-electron chi connectivity index (χ0n) is 16.7. The molecule has 0 aromatic heterocycles. The lowest BCUT2D eigenvalue weighted by atomic mass is 9.85. The van der Waals surface area contributed by atoms with Crippen molar-refractivity contribution < 1.29 is 20.4 Å². The van der Waals surface area contributed by atoms with Crippen LogP contribution in [0.2, 0.25) is 0 Å². The number of benzene rings is 1. The molecule has 1 aromatic carbocycles. The summed E-state index contributed by atoms with van der Waals surface area (Å²) < 4.78 is 0. The molecule has 0 spiro atoms. The molecule has 0 atom stereocenters. The number of hydrogen-bond acceptors (Lipinski definition) is 5. The predicted molar refractivity (Wildman–Crippen MR) is 103 cm³/mol. The number of fused-ring (bicyclic) bond motifs is 1. The third kappa shape index (κ3) is 9.97. The topological polar surface area (TPSA) is 82.0 Å². The van der Waals surface area contributed by atoms with E-state index in [0.29, 0.717) is 0 Å². The largest absolute Gasteiger partial charge is 0.387 e. The minimum atomic E-state index is -1.01. The van der Waals surface area contributed by atoms with Gasteiger partial charge in [-0.05, 0) is 72.6 Å². The fourth-order valence-electron chi connectivity index (χ4n) is 1.56. The van der Waals surface area contributed by atoms with Crippen LogP contribution in [0.3, 0.4) is 0 Å². The van der Waals surface area contributed by atoms with Crippen molar-refractivity contribution >= 4 is 13.3 Å². The second-order valence-corrected chi connectivity index (χ2v) is 8.23. The number of aliphatic hydroxyl groups is 2. The van der Waals surface area contributed by atoms with Crippen LogP contribution >= 0.6 is 0 Å². The standard InChI is InChI=1S/C9H10BN.C6H14O2.C4H10O2/c10-9-3-1-2-7-6-11-5-4-8(7)9;1-5(2,7)6(3,4)8;1-4(2,3)6-5/h1-3,11H,4-6H2;7-8H,1-4H3;5H,1-3H3. The Morgan fingerprint density at radius 2 is 1.48 bits per heavy atom. The zero-order valence-corrected chi connectivity index (χ0v) is 16.7. The van der Waals surface area contributed by atoms with Gasteiger partial charge in [-0.25, -0.2) is 4.89 Å². The van der Waals surface area contributed by atoms with Crippen molar-refractivity contribution in [3.8, 4) is 0 Å². The second kappa shape index (κ2) is 9.69. The van der Waals surface area contributed by atoms with Gasteiger partial charge in [0.15, 0.2) is 0 Å². The second-order valence-electron chi connectivity index (χ2n) is 8.23. The fourth-order valence-corrected chi connectivity index (χ4v) is 1.56. The molecule has 6 heteroatoms. The summed E-state index contributed by atoms with van der Waals surface area (Å²) >= 11 is 0. The molecule has 0 saturated heterocycles. The Labute approximate surface area is 153 Å². The normalized spacial score (nSPS) is 14.5. The molecule has 4 N–H and O–H groups in total. The Bertz CT molecular complexity index is 502. The van der Waals surface area contributed by atoms with Gasteiger partial charge in [-0.2, -0.15) is 0 Å². The van der Waals surface area contributed by atoms with Crippen molar-refractivity contribution in [3.63, 3.8) is 0 Å². The Morgan fingerprint density at radius 3 is 1.84 bits per heavy atom. The average molecular weight is 351 g/mol. The highest BCUT2D eigenvalue weighted by atomic mass is 17.1. The summed E-state index contributed by atoms with van der Waals surface area (Å²) in [5, 5.41) is 29.4. The lowest BCUT2D eigenvalue weighted by molar-refractivity contribution is -0.306. The van der Waals surface area contributed by atoms with Gasteiger partial charge in [-0.3, -0.25) is 5.26 Å². The van der Waals surface area contributed by atoms with Gasteiger partial charge < -0.3 is 15.5 Å². The summed E-state index contributed by atoms with van der Waals surface area (Å²) in [5.74, 6) is 0. The smallest absolute Gasteiger partial charge is 0.114 e. The maximum Gasteiger partial charge on any atom is 0.114 e. The molecule has 0 unspecified atom stereocenters. The molecule has 0 fully saturated rings. The van der Waals surface area contributed by atoms with Gasteiger partial charge in [0.05, 0.1) is 16.8 Å². The van der Waals surface area contributed by atoms with E-state index in [9.17, 15) is 0 Å². The first kappa shape index (κ1) is 24.1. The lowest BCUT2D eigenvalue weighted by Gasteiger charge is -2.31. The molecular weight excluding hydrogens is 317 g/mol. The molecule has 0 saturated carbocycles. The molecule has 2 rings (SSSR count). The first-order valence-corrected chi connectivity index (χ1v) is 8.53. The first-order valence-electron chi connectivity index (χ1n) is 8.53. The summed E-state index contributed by atoms with van der Waals surface area (Å²) in [6, 6.07) is 6.13. The van der Waals surface area contributed by atoms with Gasteiger partial charge in [0.25, 0.3) is 0 Å². The van der Waals surface area contributed by atoms with Gasteiger partial charge in [-0.15, -0.1) is 0 Å². The van der Waals surface area contributed by atoms with E-state index in [4.69, 9.17) is 23.3 Å². The molecule has 0 aliphatic carbocycles. The summed E-state index contributed by atoms with van der Waals surface area (Å²) in [4.78, 5) is 3.94. The van der Waals surface area contributed by atoms with Gasteiger partial charge in [-0.1, -0.05) is 23.7 Å². The third-order valence-electron chi connectivity index (χ3n) is 3.95. The molecule has 1 aromatic rings. The molecule has 142 valence electrons. The van der Waals surface area contributed by atoms with Crippen LogP contribution in [-0.2, 0) is 17.9 Å². The van der Waals surface area contributed by atoms with Crippen LogP contribution in [0.1, 0.15) is 59.6 Å². The Balaban J connectivity index is 0.000000368. The average Bonchev–Trinajstić information content (AvgIpc) is 2.46. The van der Waals surface area contributed by atoms with Crippen LogP contribution in [0.15, 0.2) is 18.2 Å². The van der Waals surface area contributed by atoms with E-state index >= 15 is 0 Å². The molecule has 1 heterocycles. The maximum absolute atomic E-state index is 9.10. The van der Waals surface area contributed by atoms with Crippen molar-refractivity contribution in [2.24, 2.45) is 0 Å². The van der Waals surface area contributed by atoms with E-state index in [-0.39, 0.29) is 0 Å². The van der Waals surface area contributed by atoms with Crippen molar-refractivity contribution in [1.82, 2.24) is 5.32 Å². The maximum atomic E-state index is 9.10. The lowest BCUT2D eigenvalue weighted by Crippen LogP contribution is -2.44. The molecule has 0 bridgehead atoms. The van der Waals surface area contributed by atoms with Gasteiger partial charge >= 0.3 is 0 Å². The van der Waals surface area contributed by atoms with Gasteiger partial charge in [0.1, 0.15) is 7.85 Å². The minimum Gasteiger partial charge on any atom is -0.387 e. The third-order valence-corrected chi connectivity index (χ3v) is 3.95. The van der Waals surface area contributed by atoms with E-state index in [1.165, 1.54) is 11.1 Å². The highest BCUT2D eigenvalue weighted by Crippen LogP contribution is 2.19. The van der Waals surface area contributed by atoms with Crippen LogP contribution in [0.4, 0.5) is 0 Å². The van der Waals surface area contributed by atoms with Crippen LogP contribution < -0.4 is 10.8 Å². The van der Waals surface area contributed by atoms with Gasteiger partial charge in [0.2, 0.25) is 0 Å².